The lowest BCUT2D eigenvalue weighted by Crippen LogP contribution is -2.19. The maximum absolute atomic E-state index is 12.4. The van der Waals surface area contributed by atoms with E-state index in [-0.39, 0.29) is 0 Å². The highest BCUT2D eigenvalue weighted by Crippen LogP contribution is 2.34. The number of carbonyl (C=O) groups excluding carboxylic acids is 1. The van der Waals surface area contributed by atoms with Crippen LogP contribution in [-0.2, 0) is 4.79 Å². The van der Waals surface area contributed by atoms with Crippen molar-refractivity contribution < 1.29 is 4.79 Å². The fraction of sp³-hybridized carbons (Fsp3) is 0.800. The van der Waals surface area contributed by atoms with Gasteiger partial charge in [0, 0.05) is 5.92 Å². The van der Waals surface area contributed by atoms with Crippen LogP contribution >= 0.6 is 0 Å². The van der Waals surface area contributed by atoms with Crippen molar-refractivity contribution in [2.45, 2.75) is 64.7 Å². The van der Waals surface area contributed by atoms with E-state index in [1.165, 1.54) is 44.1 Å². The predicted molar refractivity (Wildman–Crippen MR) is 67.3 cm³/mol. The summed E-state index contributed by atoms with van der Waals surface area (Å²) in [6.45, 7) is 2.25. The van der Waals surface area contributed by atoms with Gasteiger partial charge in [0.2, 0.25) is 0 Å². The van der Waals surface area contributed by atoms with Crippen molar-refractivity contribution in [3.05, 3.63) is 11.6 Å². The van der Waals surface area contributed by atoms with Crippen molar-refractivity contribution >= 4 is 5.78 Å². The topological polar surface area (TPSA) is 17.1 Å². The lowest BCUT2D eigenvalue weighted by molar-refractivity contribution is -0.120. The Balaban J connectivity index is 2.01. The van der Waals surface area contributed by atoms with Gasteiger partial charge in [-0.25, -0.2) is 0 Å². The van der Waals surface area contributed by atoms with Gasteiger partial charge in [0.15, 0.2) is 5.78 Å². The van der Waals surface area contributed by atoms with Gasteiger partial charge in [0.05, 0.1) is 0 Å². The highest BCUT2D eigenvalue weighted by atomic mass is 16.1. The molecular weight excluding hydrogens is 196 g/mol. The van der Waals surface area contributed by atoms with E-state index >= 15 is 0 Å². The van der Waals surface area contributed by atoms with Crippen LogP contribution in [0.5, 0.6) is 0 Å². The zero-order valence-electron chi connectivity index (χ0n) is 10.5. The summed E-state index contributed by atoms with van der Waals surface area (Å²) in [7, 11) is 0. The minimum atomic E-state index is 0.352. The van der Waals surface area contributed by atoms with Crippen LogP contribution in [0.4, 0.5) is 0 Å². The number of Topliss-reactive ketones (excluding diaryl/α,β-unsaturated/α-hetero) is 1. The fourth-order valence-corrected chi connectivity index (χ4v) is 3.19. The molecule has 2 aliphatic rings. The van der Waals surface area contributed by atoms with Crippen LogP contribution in [0.25, 0.3) is 0 Å². The minimum absolute atomic E-state index is 0.352. The van der Waals surface area contributed by atoms with Crippen LogP contribution in [0, 0.1) is 11.8 Å². The molecule has 1 nitrogen and oxygen atoms in total. The molecular formula is C15H24O. The Morgan fingerprint density at radius 1 is 1.12 bits per heavy atom. The largest absolute Gasteiger partial charge is 0.294 e. The first kappa shape index (κ1) is 11.9. The molecule has 0 saturated heterocycles. The second kappa shape index (κ2) is 5.65. The molecule has 0 aromatic rings. The van der Waals surface area contributed by atoms with E-state index in [0.717, 1.165) is 19.3 Å². The van der Waals surface area contributed by atoms with E-state index in [1.54, 1.807) is 0 Å². The Morgan fingerprint density at radius 2 is 1.94 bits per heavy atom. The van der Waals surface area contributed by atoms with Crippen molar-refractivity contribution in [3.8, 4) is 0 Å². The van der Waals surface area contributed by atoms with Gasteiger partial charge < -0.3 is 0 Å². The molecule has 0 N–H and O–H groups in total. The lowest BCUT2D eigenvalue weighted by Gasteiger charge is -2.17. The average Bonchev–Trinajstić information content (AvgIpc) is 2.63. The number of hydrogen-bond donors (Lipinski definition) is 0. The third-order valence-electron chi connectivity index (χ3n) is 4.31. The van der Waals surface area contributed by atoms with Crippen LogP contribution < -0.4 is 0 Å². The standard InChI is InChI=1S/C15H24O/c1-12-8-7-11-14(12)15(16)13-9-5-3-2-4-6-10-13/h9,12,14H,2-8,10-11H2,1H3. The lowest BCUT2D eigenvalue weighted by atomic mass is 9.86. The molecule has 1 heteroatoms. The second-order valence-corrected chi connectivity index (χ2v) is 5.56. The molecule has 2 atom stereocenters. The van der Waals surface area contributed by atoms with E-state index in [4.69, 9.17) is 0 Å². The Kier molecular flexibility index (Phi) is 4.20. The minimum Gasteiger partial charge on any atom is -0.294 e. The fourth-order valence-electron chi connectivity index (χ4n) is 3.19. The molecule has 16 heavy (non-hydrogen) atoms. The number of allylic oxidation sites excluding steroid dienone is 2. The van der Waals surface area contributed by atoms with Crippen molar-refractivity contribution in [1.29, 1.82) is 0 Å². The van der Waals surface area contributed by atoms with Gasteiger partial charge in [-0.2, -0.15) is 0 Å². The molecule has 0 bridgehead atoms. The van der Waals surface area contributed by atoms with E-state index in [0.29, 0.717) is 17.6 Å². The molecule has 2 rings (SSSR count). The van der Waals surface area contributed by atoms with Gasteiger partial charge in [0.1, 0.15) is 0 Å². The molecule has 0 spiro atoms. The molecule has 2 unspecified atom stereocenters. The molecule has 0 amide bonds. The maximum Gasteiger partial charge on any atom is 0.161 e. The first-order valence-electron chi connectivity index (χ1n) is 7.02. The summed E-state index contributed by atoms with van der Waals surface area (Å²) in [4.78, 5) is 12.4. The summed E-state index contributed by atoms with van der Waals surface area (Å²) < 4.78 is 0. The summed E-state index contributed by atoms with van der Waals surface area (Å²) in [5.41, 5.74) is 1.17. The number of carbonyl (C=O) groups is 1. The Hall–Kier alpha value is -0.590. The first-order chi connectivity index (χ1) is 7.79. The van der Waals surface area contributed by atoms with Crippen LogP contribution in [0.15, 0.2) is 11.6 Å². The molecule has 0 aliphatic heterocycles. The van der Waals surface area contributed by atoms with Crippen molar-refractivity contribution in [2.24, 2.45) is 11.8 Å². The van der Waals surface area contributed by atoms with Crippen molar-refractivity contribution in [1.82, 2.24) is 0 Å². The third-order valence-corrected chi connectivity index (χ3v) is 4.31. The van der Waals surface area contributed by atoms with Gasteiger partial charge >= 0.3 is 0 Å². The van der Waals surface area contributed by atoms with E-state index in [9.17, 15) is 4.79 Å². The highest BCUT2D eigenvalue weighted by Gasteiger charge is 2.31. The monoisotopic (exact) mass is 220 g/mol. The molecule has 0 heterocycles. The summed E-state index contributed by atoms with van der Waals surface area (Å²) >= 11 is 0. The van der Waals surface area contributed by atoms with Crippen LogP contribution in [0.1, 0.15) is 64.7 Å². The molecule has 1 fully saturated rings. The summed E-state index contributed by atoms with van der Waals surface area (Å²) in [6, 6.07) is 0. The predicted octanol–water partition coefficient (Wildman–Crippen LogP) is 4.27. The Labute approximate surface area is 99.3 Å². The Bertz CT molecular complexity index is 277. The molecule has 0 aromatic carbocycles. The van der Waals surface area contributed by atoms with Crippen molar-refractivity contribution in [3.63, 3.8) is 0 Å². The van der Waals surface area contributed by atoms with Gasteiger partial charge in [-0.1, -0.05) is 32.3 Å². The van der Waals surface area contributed by atoms with Gasteiger partial charge in [-0.05, 0) is 50.0 Å². The molecule has 2 aliphatic carbocycles. The number of rotatable bonds is 2. The summed E-state index contributed by atoms with van der Waals surface area (Å²) in [5, 5.41) is 0. The SMILES string of the molecule is CC1CCCC1C(=O)C1=CCCCCCC1. The second-order valence-electron chi connectivity index (χ2n) is 5.56. The first-order valence-corrected chi connectivity index (χ1v) is 7.02. The van der Waals surface area contributed by atoms with E-state index in [2.05, 4.69) is 13.0 Å². The smallest absolute Gasteiger partial charge is 0.161 e. The molecule has 0 radical (unpaired) electrons. The number of ketones is 1. The maximum atomic E-state index is 12.4. The van der Waals surface area contributed by atoms with Gasteiger partial charge in [-0.3, -0.25) is 4.79 Å². The van der Waals surface area contributed by atoms with Crippen LogP contribution in [-0.4, -0.2) is 5.78 Å². The average molecular weight is 220 g/mol. The van der Waals surface area contributed by atoms with Crippen LogP contribution in [0.2, 0.25) is 0 Å². The highest BCUT2D eigenvalue weighted by molar-refractivity contribution is 5.97. The van der Waals surface area contributed by atoms with E-state index < -0.39 is 0 Å². The molecule has 0 aromatic heterocycles. The van der Waals surface area contributed by atoms with Gasteiger partial charge in [0.25, 0.3) is 0 Å². The van der Waals surface area contributed by atoms with Gasteiger partial charge in [-0.15, -0.1) is 0 Å². The normalized spacial score (nSPS) is 31.7. The zero-order chi connectivity index (χ0) is 11.4. The van der Waals surface area contributed by atoms with Crippen LogP contribution in [0.3, 0.4) is 0 Å². The molecule has 90 valence electrons. The zero-order valence-corrected chi connectivity index (χ0v) is 10.5. The quantitative estimate of drug-likeness (QED) is 0.679. The summed E-state index contributed by atoms with van der Waals surface area (Å²) in [5.74, 6) is 1.47. The van der Waals surface area contributed by atoms with Crippen molar-refractivity contribution in [2.75, 3.05) is 0 Å². The third kappa shape index (κ3) is 2.75. The number of hydrogen-bond acceptors (Lipinski definition) is 1. The Morgan fingerprint density at radius 3 is 2.69 bits per heavy atom. The van der Waals surface area contributed by atoms with E-state index in [1.807, 2.05) is 0 Å². The molecule has 1 saturated carbocycles. The summed E-state index contributed by atoms with van der Waals surface area (Å²) in [6.07, 6.45) is 13.2.